The Morgan fingerprint density at radius 2 is 1.92 bits per heavy atom. The highest BCUT2D eigenvalue weighted by Crippen LogP contribution is 1.99. The van der Waals surface area contributed by atoms with Crippen LogP contribution in [0.3, 0.4) is 0 Å². The van der Waals surface area contributed by atoms with Gasteiger partial charge in [-0.3, -0.25) is 0 Å². The fourth-order valence-electron chi connectivity index (χ4n) is 0.864. The topological polar surface area (TPSA) is 12.9 Å². The van der Waals surface area contributed by atoms with E-state index in [1.165, 1.54) is 0 Å². The Morgan fingerprint density at radius 3 is 2.46 bits per heavy atom. The average Bonchev–Trinajstić information content (AvgIpc) is 2.00. The van der Waals surface area contributed by atoms with E-state index in [0.29, 0.717) is 0 Å². The van der Waals surface area contributed by atoms with Crippen LogP contribution in [0.5, 0.6) is 0 Å². The third kappa shape index (κ3) is 3.91. The van der Waals surface area contributed by atoms with Gasteiger partial charge >= 0.3 is 0 Å². The predicted octanol–water partition coefficient (Wildman–Crippen LogP) is 2.62. The number of pyridine rings is 1. The van der Waals surface area contributed by atoms with E-state index in [0.717, 1.165) is 11.4 Å². The summed E-state index contributed by atoms with van der Waals surface area (Å²) in [6.07, 6.45) is 0. The molecule has 2 heteroatoms. The molecule has 0 saturated heterocycles. The maximum atomic E-state index is 4.32. The molecular weight excluding hydrogens is 174 g/mol. The molecule has 0 aliphatic heterocycles. The second-order valence-corrected chi connectivity index (χ2v) is 8.91. The van der Waals surface area contributed by atoms with Gasteiger partial charge in [-0.2, -0.15) is 0 Å². The highest BCUT2D eigenvalue weighted by atomic mass is 28.3. The van der Waals surface area contributed by atoms with Crippen LogP contribution in [0, 0.1) is 18.4 Å². The van der Waals surface area contributed by atoms with Crippen LogP contribution in [0.15, 0.2) is 18.2 Å². The van der Waals surface area contributed by atoms with Gasteiger partial charge in [0.2, 0.25) is 0 Å². The van der Waals surface area contributed by atoms with Crippen molar-refractivity contribution >= 4 is 8.07 Å². The Hall–Kier alpha value is -1.07. The van der Waals surface area contributed by atoms with Crippen LogP contribution in [0.2, 0.25) is 19.6 Å². The number of hydrogen-bond donors (Lipinski definition) is 0. The van der Waals surface area contributed by atoms with E-state index in [1.54, 1.807) is 0 Å². The molecule has 68 valence electrons. The van der Waals surface area contributed by atoms with Gasteiger partial charge in [-0.15, -0.1) is 5.54 Å². The van der Waals surface area contributed by atoms with Crippen molar-refractivity contribution in [2.75, 3.05) is 0 Å². The predicted molar refractivity (Wildman–Crippen MR) is 59.2 cm³/mol. The van der Waals surface area contributed by atoms with E-state index in [-0.39, 0.29) is 0 Å². The number of aromatic nitrogens is 1. The fraction of sp³-hybridized carbons (Fsp3) is 0.364. The number of aryl methyl sites for hydroxylation is 1. The lowest BCUT2D eigenvalue weighted by molar-refractivity contribution is 1.18. The molecule has 0 radical (unpaired) electrons. The first-order valence-electron chi connectivity index (χ1n) is 4.44. The summed E-state index contributed by atoms with van der Waals surface area (Å²) >= 11 is 0. The van der Waals surface area contributed by atoms with Gasteiger partial charge in [0.15, 0.2) is 0 Å². The molecule has 0 saturated carbocycles. The van der Waals surface area contributed by atoms with Crippen molar-refractivity contribution in [1.29, 1.82) is 0 Å². The second kappa shape index (κ2) is 3.76. The van der Waals surface area contributed by atoms with E-state index in [1.807, 2.05) is 25.1 Å². The van der Waals surface area contributed by atoms with Crippen molar-refractivity contribution in [3.8, 4) is 11.5 Å². The summed E-state index contributed by atoms with van der Waals surface area (Å²) in [6, 6.07) is 5.94. The Balaban J connectivity index is 2.90. The first kappa shape index (κ1) is 10.0. The Morgan fingerprint density at radius 1 is 1.23 bits per heavy atom. The second-order valence-electron chi connectivity index (χ2n) is 4.16. The maximum Gasteiger partial charge on any atom is 0.129 e. The maximum absolute atomic E-state index is 4.32. The Labute approximate surface area is 81.2 Å². The molecule has 0 spiro atoms. The van der Waals surface area contributed by atoms with Gasteiger partial charge in [-0.1, -0.05) is 31.6 Å². The van der Waals surface area contributed by atoms with Gasteiger partial charge in [-0.05, 0) is 19.1 Å². The molecule has 0 aromatic carbocycles. The van der Waals surface area contributed by atoms with Crippen LogP contribution in [-0.2, 0) is 0 Å². The Bertz CT molecular complexity index is 352. The highest BCUT2D eigenvalue weighted by Gasteiger charge is 2.07. The average molecular weight is 189 g/mol. The minimum absolute atomic E-state index is 0.891. The van der Waals surface area contributed by atoms with E-state index in [4.69, 9.17) is 0 Å². The first-order valence-corrected chi connectivity index (χ1v) is 7.94. The summed E-state index contributed by atoms with van der Waals surface area (Å²) in [6.45, 7) is 8.68. The van der Waals surface area contributed by atoms with Crippen molar-refractivity contribution in [3.63, 3.8) is 0 Å². The summed E-state index contributed by atoms with van der Waals surface area (Å²) in [5, 5.41) is 0. The third-order valence-corrected chi connectivity index (χ3v) is 2.33. The van der Waals surface area contributed by atoms with Crippen LogP contribution in [-0.4, -0.2) is 13.1 Å². The first-order chi connectivity index (χ1) is 5.97. The summed E-state index contributed by atoms with van der Waals surface area (Å²) in [4.78, 5) is 4.32. The molecule has 1 aromatic rings. The van der Waals surface area contributed by atoms with E-state index >= 15 is 0 Å². The number of rotatable bonds is 0. The largest absolute Gasteiger partial charge is 0.245 e. The van der Waals surface area contributed by atoms with Crippen molar-refractivity contribution in [2.45, 2.75) is 26.6 Å². The molecule has 0 unspecified atom stereocenters. The molecule has 1 aromatic heterocycles. The summed E-state index contributed by atoms with van der Waals surface area (Å²) in [5.41, 5.74) is 5.21. The molecule has 0 aliphatic rings. The molecular formula is C11H15NSi. The molecule has 0 N–H and O–H groups in total. The molecule has 13 heavy (non-hydrogen) atoms. The number of hydrogen-bond acceptors (Lipinski definition) is 1. The zero-order chi connectivity index (χ0) is 9.90. The van der Waals surface area contributed by atoms with Gasteiger partial charge in [-0.25, -0.2) is 4.98 Å². The molecule has 0 atom stereocenters. The molecule has 0 bridgehead atoms. The zero-order valence-electron chi connectivity index (χ0n) is 8.68. The van der Waals surface area contributed by atoms with E-state index < -0.39 is 8.07 Å². The smallest absolute Gasteiger partial charge is 0.129 e. The van der Waals surface area contributed by atoms with Crippen LogP contribution >= 0.6 is 0 Å². The highest BCUT2D eigenvalue weighted by molar-refractivity contribution is 6.83. The summed E-state index contributed by atoms with van der Waals surface area (Å²) < 4.78 is 0. The standard InChI is InChI=1S/C11H15NSi/c1-10-6-5-7-11(12-10)8-9-13(2,3)4/h5-7H,1-4H3. The van der Waals surface area contributed by atoms with Gasteiger partial charge in [0.25, 0.3) is 0 Å². The van der Waals surface area contributed by atoms with E-state index in [2.05, 4.69) is 36.1 Å². The summed E-state index contributed by atoms with van der Waals surface area (Å²) in [5.74, 6) is 3.13. The Kier molecular flexibility index (Phi) is 2.89. The monoisotopic (exact) mass is 189 g/mol. The minimum Gasteiger partial charge on any atom is -0.245 e. The lowest BCUT2D eigenvalue weighted by Crippen LogP contribution is -2.16. The van der Waals surface area contributed by atoms with Crippen LogP contribution in [0.1, 0.15) is 11.4 Å². The van der Waals surface area contributed by atoms with Crippen LogP contribution in [0.4, 0.5) is 0 Å². The van der Waals surface area contributed by atoms with Crippen molar-refractivity contribution < 1.29 is 0 Å². The van der Waals surface area contributed by atoms with Gasteiger partial charge in [0.05, 0.1) is 0 Å². The van der Waals surface area contributed by atoms with Crippen LogP contribution in [0.25, 0.3) is 0 Å². The molecule has 1 nitrogen and oxygen atoms in total. The zero-order valence-corrected chi connectivity index (χ0v) is 9.68. The van der Waals surface area contributed by atoms with Crippen LogP contribution < -0.4 is 0 Å². The van der Waals surface area contributed by atoms with Gasteiger partial charge in [0, 0.05) is 5.69 Å². The molecule has 1 heterocycles. The molecule has 0 fully saturated rings. The normalized spacial score (nSPS) is 10.5. The van der Waals surface area contributed by atoms with E-state index in [9.17, 15) is 0 Å². The molecule has 0 aliphatic carbocycles. The lowest BCUT2D eigenvalue weighted by atomic mass is 10.3. The third-order valence-electron chi connectivity index (χ3n) is 1.45. The van der Waals surface area contributed by atoms with Crippen molar-refractivity contribution in [2.24, 2.45) is 0 Å². The molecule has 0 amide bonds. The summed E-state index contributed by atoms with van der Waals surface area (Å²) in [7, 11) is -1.26. The number of nitrogens with zero attached hydrogens (tertiary/aromatic N) is 1. The molecule has 1 rings (SSSR count). The van der Waals surface area contributed by atoms with Crippen molar-refractivity contribution in [1.82, 2.24) is 4.98 Å². The van der Waals surface area contributed by atoms with Gasteiger partial charge in [0.1, 0.15) is 13.8 Å². The SMILES string of the molecule is Cc1cccc(C#C[Si](C)(C)C)n1. The minimum atomic E-state index is -1.26. The van der Waals surface area contributed by atoms with Gasteiger partial charge < -0.3 is 0 Å². The fourth-order valence-corrected chi connectivity index (χ4v) is 1.37. The lowest BCUT2D eigenvalue weighted by Gasteiger charge is -2.03. The quantitative estimate of drug-likeness (QED) is 0.451. The van der Waals surface area contributed by atoms with Crippen molar-refractivity contribution in [3.05, 3.63) is 29.6 Å².